The molecule has 5 heteroatoms. The van der Waals surface area contributed by atoms with E-state index < -0.39 is 0 Å². The molecule has 1 heterocycles. The molecule has 4 nitrogen and oxygen atoms in total. The second-order valence-corrected chi connectivity index (χ2v) is 2.60. The van der Waals surface area contributed by atoms with Crippen molar-refractivity contribution in [3.8, 4) is 5.69 Å². The zero-order valence-corrected chi connectivity index (χ0v) is 6.73. The molecule has 0 saturated carbocycles. The lowest BCUT2D eigenvalue weighted by Gasteiger charge is -1.96. The Bertz CT molecular complexity index is 353. The van der Waals surface area contributed by atoms with Gasteiger partial charge in [-0.25, -0.2) is 0 Å². The molecule has 0 unspecified atom stereocenters. The predicted octanol–water partition coefficient (Wildman–Crippen LogP) is 1.12. The molecule has 0 amide bonds. The van der Waals surface area contributed by atoms with Crippen molar-refractivity contribution in [2.75, 3.05) is 0 Å². The van der Waals surface area contributed by atoms with Crippen LogP contribution in [0.1, 0.15) is 0 Å². The van der Waals surface area contributed by atoms with E-state index in [-0.39, 0.29) is 0 Å². The lowest BCUT2D eigenvalue weighted by atomic mass is 10.3. The van der Waals surface area contributed by atoms with E-state index in [2.05, 4.69) is 21.9 Å². The normalized spacial score (nSPS) is 10.1. The SMILES string of the molecule is Clc1ccc(-n2[c]nnn2)cc1. The number of nitrogens with zero attached hydrogens (tertiary/aromatic N) is 4. The van der Waals surface area contributed by atoms with Gasteiger partial charge in [0.15, 0.2) is 0 Å². The molecule has 0 aliphatic rings. The monoisotopic (exact) mass is 179 g/mol. The molecular formula is C7H4ClN4. The predicted molar refractivity (Wildman–Crippen MR) is 43.0 cm³/mol. The molecule has 1 radical (unpaired) electrons. The fourth-order valence-corrected chi connectivity index (χ4v) is 0.960. The van der Waals surface area contributed by atoms with Crippen molar-refractivity contribution in [1.82, 2.24) is 20.2 Å². The second kappa shape index (κ2) is 2.91. The molecule has 59 valence electrons. The Labute approximate surface area is 73.8 Å². The highest BCUT2D eigenvalue weighted by atomic mass is 35.5. The molecule has 2 aromatic rings. The average Bonchev–Trinajstić information content (AvgIpc) is 2.58. The Kier molecular flexibility index (Phi) is 1.75. The van der Waals surface area contributed by atoms with Crippen LogP contribution in [0.5, 0.6) is 0 Å². The number of hydrogen-bond donors (Lipinski definition) is 0. The summed E-state index contributed by atoms with van der Waals surface area (Å²) in [4.78, 5) is 0. The summed E-state index contributed by atoms with van der Waals surface area (Å²) in [6.07, 6.45) is 2.57. The van der Waals surface area contributed by atoms with Gasteiger partial charge >= 0.3 is 0 Å². The molecule has 12 heavy (non-hydrogen) atoms. The molecule has 1 aromatic carbocycles. The number of benzene rings is 1. The van der Waals surface area contributed by atoms with Crippen molar-refractivity contribution in [3.05, 3.63) is 35.6 Å². The minimum atomic E-state index is 0.687. The third kappa shape index (κ3) is 1.29. The standard InChI is InChI=1S/C7H4ClN4/c8-6-1-3-7(4-2-6)12-5-9-10-11-12/h1-4H. The van der Waals surface area contributed by atoms with Gasteiger partial charge in [-0.05, 0) is 34.7 Å². The number of hydrogen-bond acceptors (Lipinski definition) is 3. The molecule has 0 fully saturated rings. The summed E-state index contributed by atoms with van der Waals surface area (Å²) >= 11 is 5.70. The van der Waals surface area contributed by atoms with E-state index in [9.17, 15) is 0 Å². The van der Waals surface area contributed by atoms with E-state index in [1.807, 2.05) is 12.1 Å². The third-order valence-corrected chi connectivity index (χ3v) is 1.64. The Morgan fingerprint density at radius 2 is 2.00 bits per heavy atom. The third-order valence-electron chi connectivity index (χ3n) is 1.38. The molecule has 1 aromatic heterocycles. The van der Waals surface area contributed by atoms with Gasteiger partial charge in [-0.1, -0.05) is 11.6 Å². The van der Waals surface area contributed by atoms with Crippen LogP contribution in [-0.2, 0) is 0 Å². The van der Waals surface area contributed by atoms with Crippen molar-refractivity contribution in [1.29, 1.82) is 0 Å². The first-order valence-electron chi connectivity index (χ1n) is 3.28. The fraction of sp³-hybridized carbons (Fsp3) is 0. The Balaban J connectivity index is 2.43. The largest absolute Gasteiger partial charge is 0.226 e. The molecule has 0 spiro atoms. The van der Waals surface area contributed by atoms with Crippen molar-refractivity contribution in [2.45, 2.75) is 0 Å². The quantitative estimate of drug-likeness (QED) is 0.659. The van der Waals surface area contributed by atoms with Gasteiger partial charge in [-0.15, -0.1) is 5.10 Å². The first-order chi connectivity index (χ1) is 5.86. The van der Waals surface area contributed by atoms with Crippen LogP contribution < -0.4 is 0 Å². The average molecular weight is 180 g/mol. The van der Waals surface area contributed by atoms with Gasteiger partial charge in [0.1, 0.15) is 0 Å². The molecule has 0 atom stereocenters. The van der Waals surface area contributed by atoms with Gasteiger partial charge in [0, 0.05) is 5.02 Å². The van der Waals surface area contributed by atoms with Crippen LogP contribution in [0.3, 0.4) is 0 Å². The lowest BCUT2D eigenvalue weighted by molar-refractivity contribution is 0.787. The molecule has 0 N–H and O–H groups in total. The Morgan fingerprint density at radius 1 is 1.25 bits per heavy atom. The smallest absolute Gasteiger partial charge is 0.190 e. The second-order valence-electron chi connectivity index (χ2n) is 2.17. The van der Waals surface area contributed by atoms with Gasteiger partial charge in [0.2, 0.25) is 6.33 Å². The van der Waals surface area contributed by atoms with E-state index in [0.29, 0.717) is 5.02 Å². The van der Waals surface area contributed by atoms with Crippen LogP contribution in [0.4, 0.5) is 0 Å². The maximum absolute atomic E-state index is 5.70. The highest BCUT2D eigenvalue weighted by molar-refractivity contribution is 6.30. The van der Waals surface area contributed by atoms with E-state index >= 15 is 0 Å². The zero-order valence-electron chi connectivity index (χ0n) is 5.98. The van der Waals surface area contributed by atoms with Gasteiger partial charge in [0.25, 0.3) is 0 Å². The topological polar surface area (TPSA) is 43.6 Å². The molecule has 0 bridgehead atoms. The van der Waals surface area contributed by atoms with E-state index in [1.54, 1.807) is 12.1 Å². The van der Waals surface area contributed by atoms with Crippen molar-refractivity contribution < 1.29 is 0 Å². The van der Waals surface area contributed by atoms with Crippen molar-refractivity contribution in [3.63, 3.8) is 0 Å². The van der Waals surface area contributed by atoms with Crippen LogP contribution in [-0.4, -0.2) is 20.2 Å². The molecule has 0 saturated heterocycles. The zero-order chi connectivity index (χ0) is 8.39. The molecule has 2 rings (SSSR count). The van der Waals surface area contributed by atoms with Crippen LogP contribution in [0, 0.1) is 6.33 Å². The van der Waals surface area contributed by atoms with Crippen molar-refractivity contribution in [2.24, 2.45) is 0 Å². The number of aromatic nitrogens is 4. The first-order valence-corrected chi connectivity index (χ1v) is 3.66. The summed E-state index contributed by atoms with van der Waals surface area (Å²) in [5.41, 5.74) is 0.837. The maximum atomic E-state index is 5.70. The Hall–Kier alpha value is -1.42. The highest BCUT2D eigenvalue weighted by Crippen LogP contribution is 2.11. The van der Waals surface area contributed by atoms with E-state index in [1.165, 1.54) is 4.68 Å². The lowest BCUT2D eigenvalue weighted by Crippen LogP contribution is -1.94. The van der Waals surface area contributed by atoms with Gasteiger partial charge < -0.3 is 0 Å². The van der Waals surface area contributed by atoms with Gasteiger partial charge in [-0.3, -0.25) is 0 Å². The molecular weight excluding hydrogens is 176 g/mol. The molecule has 0 aliphatic heterocycles. The Morgan fingerprint density at radius 3 is 2.58 bits per heavy atom. The van der Waals surface area contributed by atoms with Gasteiger partial charge in [0.05, 0.1) is 5.69 Å². The van der Waals surface area contributed by atoms with E-state index in [0.717, 1.165) is 5.69 Å². The van der Waals surface area contributed by atoms with Crippen LogP contribution in [0.2, 0.25) is 5.02 Å². The minimum Gasteiger partial charge on any atom is -0.190 e. The summed E-state index contributed by atoms with van der Waals surface area (Å²) in [6, 6.07) is 7.17. The summed E-state index contributed by atoms with van der Waals surface area (Å²) < 4.78 is 1.44. The highest BCUT2D eigenvalue weighted by Gasteiger charge is 1.96. The van der Waals surface area contributed by atoms with Gasteiger partial charge in [-0.2, -0.15) is 4.68 Å². The molecule has 0 aliphatic carbocycles. The first kappa shape index (κ1) is 7.24. The van der Waals surface area contributed by atoms with Crippen LogP contribution >= 0.6 is 11.6 Å². The van der Waals surface area contributed by atoms with E-state index in [4.69, 9.17) is 11.6 Å². The summed E-state index contributed by atoms with van der Waals surface area (Å²) in [5.74, 6) is 0. The maximum Gasteiger partial charge on any atom is 0.226 e. The minimum absolute atomic E-state index is 0.687. The summed E-state index contributed by atoms with van der Waals surface area (Å²) in [6.45, 7) is 0. The summed E-state index contributed by atoms with van der Waals surface area (Å²) in [7, 11) is 0. The number of tetrazole rings is 1. The van der Waals surface area contributed by atoms with Crippen LogP contribution in [0.25, 0.3) is 5.69 Å². The van der Waals surface area contributed by atoms with Crippen molar-refractivity contribution >= 4 is 11.6 Å². The van der Waals surface area contributed by atoms with Crippen LogP contribution in [0.15, 0.2) is 24.3 Å². The summed E-state index contributed by atoms with van der Waals surface area (Å²) in [5, 5.41) is 11.2. The number of halogens is 1. The number of rotatable bonds is 1. The fourth-order valence-electron chi connectivity index (χ4n) is 0.834.